The normalized spacial score (nSPS) is 11.9. The van der Waals surface area contributed by atoms with Crippen LogP contribution in [0, 0.1) is 11.3 Å². The lowest BCUT2D eigenvalue weighted by Gasteiger charge is -2.22. The molecule has 1 atom stereocenters. The van der Waals surface area contributed by atoms with Gasteiger partial charge in [-0.1, -0.05) is 24.6 Å². The summed E-state index contributed by atoms with van der Waals surface area (Å²) in [4.78, 5) is 26.0. The second-order valence-electron chi connectivity index (χ2n) is 6.59. The monoisotopic (exact) mass is 436 g/mol. The van der Waals surface area contributed by atoms with E-state index in [2.05, 4.69) is 25.5 Å². The van der Waals surface area contributed by atoms with E-state index in [1.807, 2.05) is 13.0 Å². The van der Waals surface area contributed by atoms with Gasteiger partial charge >= 0.3 is 0 Å². The van der Waals surface area contributed by atoms with Crippen LogP contribution >= 0.6 is 11.6 Å². The maximum absolute atomic E-state index is 13.4. The SMILES string of the molecule is CC[C@@H](Nc1nc(N)nc(N)c1C#N)c1nc2cccc(Cl)c2c(=O)n1-c1ccn[nH]1. The van der Waals surface area contributed by atoms with Gasteiger partial charge in [0, 0.05) is 6.07 Å². The van der Waals surface area contributed by atoms with Crippen molar-refractivity contribution < 1.29 is 0 Å². The van der Waals surface area contributed by atoms with Crippen LogP contribution in [0.3, 0.4) is 0 Å². The highest BCUT2D eigenvalue weighted by molar-refractivity contribution is 6.35. The van der Waals surface area contributed by atoms with Gasteiger partial charge in [-0.05, 0) is 18.6 Å². The first-order chi connectivity index (χ1) is 14.9. The number of hydrogen-bond acceptors (Lipinski definition) is 9. The Morgan fingerprint density at radius 2 is 2.10 bits per heavy atom. The number of halogens is 1. The van der Waals surface area contributed by atoms with Crippen LogP contribution < -0.4 is 22.3 Å². The smallest absolute Gasteiger partial charge is 0.268 e. The molecule has 3 heterocycles. The predicted molar refractivity (Wildman–Crippen MR) is 117 cm³/mol. The van der Waals surface area contributed by atoms with Gasteiger partial charge < -0.3 is 16.8 Å². The van der Waals surface area contributed by atoms with Crippen LogP contribution in [-0.4, -0.2) is 29.7 Å². The van der Waals surface area contributed by atoms with Crippen molar-refractivity contribution in [2.24, 2.45) is 0 Å². The zero-order chi connectivity index (χ0) is 22.1. The highest BCUT2D eigenvalue weighted by Gasteiger charge is 2.24. The van der Waals surface area contributed by atoms with Gasteiger partial charge in [-0.3, -0.25) is 9.89 Å². The fourth-order valence-electron chi connectivity index (χ4n) is 3.27. The van der Waals surface area contributed by atoms with Crippen LogP contribution in [0.4, 0.5) is 17.6 Å². The van der Waals surface area contributed by atoms with E-state index in [1.165, 1.54) is 10.8 Å². The van der Waals surface area contributed by atoms with E-state index in [0.29, 0.717) is 28.6 Å². The zero-order valence-corrected chi connectivity index (χ0v) is 17.1. The van der Waals surface area contributed by atoms with Gasteiger partial charge in [-0.15, -0.1) is 0 Å². The molecule has 0 aliphatic rings. The Hall–Kier alpha value is -4.17. The van der Waals surface area contributed by atoms with E-state index in [-0.39, 0.29) is 34.1 Å². The summed E-state index contributed by atoms with van der Waals surface area (Å²) in [5.74, 6) is 0.800. The molecule has 0 aliphatic heterocycles. The maximum Gasteiger partial charge on any atom is 0.268 e. The molecular weight excluding hydrogens is 420 g/mol. The van der Waals surface area contributed by atoms with Crippen molar-refractivity contribution >= 4 is 40.1 Å². The molecule has 0 aliphatic carbocycles. The molecule has 0 saturated heterocycles. The number of aromatic nitrogens is 6. The van der Waals surface area contributed by atoms with E-state index in [1.54, 1.807) is 24.3 Å². The molecule has 12 heteroatoms. The number of H-pyrrole nitrogens is 1. The summed E-state index contributed by atoms with van der Waals surface area (Å²) in [6, 6.07) is 8.13. The lowest BCUT2D eigenvalue weighted by Crippen LogP contribution is -2.29. The summed E-state index contributed by atoms with van der Waals surface area (Å²) in [6.45, 7) is 1.89. The van der Waals surface area contributed by atoms with Crippen LogP contribution in [0.15, 0.2) is 35.3 Å². The first-order valence-electron chi connectivity index (χ1n) is 9.25. The minimum absolute atomic E-state index is 0.0448. The van der Waals surface area contributed by atoms with Crippen molar-refractivity contribution in [1.82, 2.24) is 29.7 Å². The number of benzene rings is 1. The molecule has 4 aromatic rings. The Balaban J connectivity index is 1.95. The zero-order valence-electron chi connectivity index (χ0n) is 16.3. The van der Waals surface area contributed by atoms with Gasteiger partial charge in [0.1, 0.15) is 29.1 Å². The van der Waals surface area contributed by atoms with Crippen molar-refractivity contribution in [3.05, 3.63) is 57.2 Å². The van der Waals surface area contributed by atoms with Crippen molar-refractivity contribution in [3.63, 3.8) is 0 Å². The Labute approximate surface area is 180 Å². The number of nitrogens with two attached hydrogens (primary N) is 2. The average molecular weight is 437 g/mol. The van der Waals surface area contributed by atoms with E-state index in [4.69, 9.17) is 28.1 Å². The summed E-state index contributed by atoms with van der Waals surface area (Å²) in [6.07, 6.45) is 2.01. The first-order valence-corrected chi connectivity index (χ1v) is 9.63. The number of nitrogens with zero attached hydrogens (tertiary/aromatic N) is 6. The van der Waals surface area contributed by atoms with Crippen LogP contribution in [0.5, 0.6) is 0 Å². The summed E-state index contributed by atoms with van der Waals surface area (Å²) >= 11 is 6.29. The molecule has 0 amide bonds. The summed E-state index contributed by atoms with van der Waals surface area (Å²) in [5.41, 5.74) is 11.6. The first kappa shape index (κ1) is 20.1. The number of hydrogen-bond donors (Lipinski definition) is 4. The van der Waals surface area contributed by atoms with E-state index in [0.717, 1.165) is 0 Å². The molecule has 4 rings (SSSR count). The van der Waals surface area contributed by atoms with E-state index >= 15 is 0 Å². The molecule has 6 N–H and O–H groups in total. The van der Waals surface area contributed by atoms with Crippen LogP contribution in [0.25, 0.3) is 16.7 Å². The second-order valence-corrected chi connectivity index (χ2v) is 7.00. The topological polar surface area (TPSA) is 177 Å². The predicted octanol–water partition coefficient (Wildman–Crippen LogP) is 2.15. The summed E-state index contributed by atoms with van der Waals surface area (Å²) in [7, 11) is 0. The lowest BCUT2D eigenvalue weighted by molar-refractivity contribution is 0.652. The van der Waals surface area contributed by atoms with Crippen molar-refractivity contribution in [1.29, 1.82) is 5.26 Å². The van der Waals surface area contributed by atoms with Crippen molar-refractivity contribution in [2.45, 2.75) is 19.4 Å². The largest absolute Gasteiger partial charge is 0.382 e. The Bertz CT molecular complexity index is 1370. The molecule has 0 radical (unpaired) electrons. The summed E-state index contributed by atoms with van der Waals surface area (Å²) in [5, 5.41) is 19.9. The number of nitrogens with one attached hydrogen (secondary N) is 2. The molecule has 1 aromatic carbocycles. The van der Waals surface area contributed by atoms with Gasteiger partial charge in [-0.25, -0.2) is 9.55 Å². The molecule has 0 unspecified atom stereocenters. The number of fused-ring (bicyclic) bond motifs is 1. The fourth-order valence-corrected chi connectivity index (χ4v) is 3.52. The Morgan fingerprint density at radius 1 is 1.29 bits per heavy atom. The standard InChI is InChI=1S/C19H17ClN10O/c1-2-11(25-16-9(8-21)15(22)27-19(23)28-16)17-26-12-5-3-4-10(20)14(12)18(31)30(17)13-6-7-24-29-13/h3-7,11H,2H2,1H3,(H,24,29)(H5,22,23,25,27,28)/t11-/m1/s1. The minimum Gasteiger partial charge on any atom is -0.382 e. The quantitative estimate of drug-likeness (QED) is 0.364. The molecule has 156 valence electrons. The third-order valence-electron chi connectivity index (χ3n) is 4.70. The van der Waals surface area contributed by atoms with E-state index < -0.39 is 6.04 Å². The third-order valence-corrected chi connectivity index (χ3v) is 5.01. The van der Waals surface area contributed by atoms with Gasteiger partial charge in [-0.2, -0.15) is 20.3 Å². The minimum atomic E-state index is -0.541. The van der Waals surface area contributed by atoms with Gasteiger partial charge in [0.2, 0.25) is 5.95 Å². The molecule has 11 nitrogen and oxygen atoms in total. The third kappa shape index (κ3) is 3.49. The maximum atomic E-state index is 13.4. The molecule has 0 bridgehead atoms. The number of nitriles is 1. The number of anilines is 3. The number of aromatic amines is 1. The van der Waals surface area contributed by atoms with Gasteiger partial charge in [0.15, 0.2) is 5.82 Å². The molecule has 0 saturated carbocycles. The van der Waals surface area contributed by atoms with Crippen molar-refractivity contribution in [3.8, 4) is 11.9 Å². The van der Waals surface area contributed by atoms with Gasteiger partial charge in [0.05, 0.1) is 28.2 Å². The van der Waals surface area contributed by atoms with E-state index in [9.17, 15) is 10.1 Å². The number of rotatable bonds is 5. The molecule has 31 heavy (non-hydrogen) atoms. The van der Waals surface area contributed by atoms with Crippen LogP contribution in [0.2, 0.25) is 5.02 Å². The van der Waals surface area contributed by atoms with Gasteiger partial charge in [0.25, 0.3) is 5.56 Å². The Kier molecular flexibility index (Phi) is 5.14. The Morgan fingerprint density at radius 3 is 2.77 bits per heavy atom. The average Bonchev–Trinajstić information content (AvgIpc) is 3.25. The molecule has 0 fully saturated rings. The molecular formula is C19H17ClN10O. The van der Waals surface area contributed by atoms with Crippen molar-refractivity contribution in [2.75, 3.05) is 16.8 Å². The highest BCUT2D eigenvalue weighted by Crippen LogP contribution is 2.28. The highest BCUT2D eigenvalue weighted by atomic mass is 35.5. The second kappa shape index (κ2) is 7.92. The number of nitrogen functional groups attached to an aromatic ring is 2. The molecule has 3 aromatic heterocycles. The summed E-state index contributed by atoms with van der Waals surface area (Å²) < 4.78 is 1.39. The molecule has 0 spiro atoms. The van der Waals surface area contributed by atoms with Crippen LogP contribution in [-0.2, 0) is 0 Å². The lowest BCUT2D eigenvalue weighted by atomic mass is 10.1. The fraction of sp³-hybridized carbons (Fsp3) is 0.158. The van der Waals surface area contributed by atoms with Crippen LogP contribution in [0.1, 0.15) is 30.8 Å².